The van der Waals surface area contributed by atoms with Crippen LogP contribution in [0.15, 0.2) is 18.2 Å². The molecule has 11 heteroatoms. The van der Waals surface area contributed by atoms with Gasteiger partial charge in [0.25, 0.3) is 0 Å². The van der Waals surface area contributed by atoms with Crippen molar-refractivity contribution in [2.45, 2.75) is 0 Å². The minimum absolute atomic E-state index is 0.344. The molecule has 17 heavy (non-hydrogen) atoms. The molecule has 0 saturated carbocycles. The SMILES string of the molecule is O=S(=O)(O)Oc1cccc(Cl)c1OS(=O)(=O)O. The fourth-order valence-corrected chi connectivity index (χ4v) is 1.85. The Morgan fingerprint density at radius 1 is 1.00 bits per heavy atom. The van der Waals surface area contributed by atoms with E-state index in [1.54, 1.807) is 0 Å². The quantitative estimate of drug-likeness (QED) is 0.778. The lowest BCUT2D eigenvalue weighted by Crippen LogP contribution is -2.11. The molecule has 2 N–H and O–H groups in total. The molecule has 0 atom stereocenters. The van der Waals surface area contributed by atoms with E-state index in [9.17, 15) is 16.8 Å². The van der Waals surface area contributed by atoms with Gasteiger partial charge < -0.3 is 8.37 Å². The molecule has 0 saturated heterocycles. The smallest absolute Gasteiger partial charge is 0.358 e. The normalized spacial score (nSPS) is 12.2. The molecule has 0 heterocycles. The monoisotopic (exact) mass is 304 g/mol. The highest BCUT2D eigenvalue weighted by Gasteiger charge is 2.20. The van der Waals surface area contributed by atoms with Crippen molar-refractivity contribution in [1.82, 2.24) is 0 Å². The first kappa shape index (κ1) is 14.0. The molecule has 0 aromatic heterocycles. The van der Waals surface area contributed by atoms with Crippen molar-refractivity contribution >= 4 is 32.4 Å². The Kier molecular flexibility index (Phi) is 3.84. The van der Waals surface area contributed by atoms with Gasteiger partial charge in [-0.3, -0.25) is 9.11 Å². The first-order valence-electron chi connectivity index (χ1n) is 3.71. The summed E-state index contributed by atoms with van der Waals surface area (Å²) in [4.78, 5) is 0. The Morgan fingerprint density at radius 3 is 2.00 bits per heavy atom. The molecule has 0 bridgehead atoms. The van der Waals surface area contributed by atoms with Gasteiger partial charge in [0.15, 0.2) is 5.75 Å². The highest BCUT2D eigenvalue weighted by molar-refractivity contribution is 7.81. The Labute approximate surface area is 102 Å². The van der Waals surface area contributed by atoms with Crippen LogP contribution < -0.4 is 8.37 Å². The zero-order chi connectivity index (χ0) is 13.3. The van der Waals surface area contributed by atoms with E-state index in [2.05, 4.69) is 8.37 Å². The number of para-hydroxylation sites is 1. The van der Waals surface area contributed by atoms with Crippen LogP contribution in [-0.2, 0) is 20.8 Å². The summed E-state index contributed by atoms with van der Waals surface area (Å²) < 4.78 is 66.7. The first-order chi connectivity index (χ1) is 7.58. The van der Waals surface area contributed by atoms with Crippen LogP contribution in [0.25, 0.3) is 0 Å². The molecule has 0 aliphatic rings. The Balaban J connectivity index is 3.27. The average Bonchev–Trinajstić information content (AvgIpc) is 2.07. The minimum atomic E-state index is -4.92. The standard InChI is InChI=1S/C6H5ClO8S2/c7-4-2-1-3-5(14-16(8,9)10)6(4)15-17(11,12)13/h1-3H,(H,8,9,10)(H,11,12,13). The second-order valence-electron chi connectivity index (χ2n) is 2.59. The summed E-state index contributed by atoms with van der Waals surface area (Å²) in [5.74, 6) is -1.47. The molecule has 0 spiro atoms. The number of hydrogen-bond acceptors (Lipinski definition) is 6. The van der Waals surface area contributed by atoms with E-state index < -0.39 is 32.3 Å². The number of benzene rings is 1. The first-order valence-corrected chi connectivity index (χ1v) is 6.81. The van der Waals surface area contributed by atoms with Crippen LogP contribution >= 0.6 is 11.6 Å². The molecule has 0 unspecified atom stereocenters. The van der Waals surface area contributed by atoms with Gasteiger partial charge in [-0.25, -0.2) is 0 Å². The number of rotatable bonds is 4. The summed E-state index contributed by atoms with van der Waals surface area (Å²) >= 11 is 5.51. The Bertz CT molecular complexity index is 619. The van der Waals surface area contributed by atoms with Crippen LogP contribution in [0.5, 0.6) is 11.5 Å². The Morgan fingerprint density at radius 2 is 1.53 bits per heavy atom. The van der Waals surface area contributed by atoms with Gasteiger partial charge >= 0.3 is 20.8 Å². The van der Waals surface area contributed by atoms with Crippen LogP contribution in [0.1, 0.15) is 0 Å². The van der Waals surface area contributed by atoms with E-state index in [1.807, 2.05) is 0 Å². The third kappa shape index (κ3) is 4.75. The van der Waals surface area contributed by atoms with Gasteiger partial charge in [0.1, 0.15) is 0 Å². The van der Waals surface area contributed by atoms with Gasteiger partial charge in [-0.15, -0.1) is 0 Å². The molecular formula is C6H5ClO8S2. The molecular weight excluding hydrogens is 300 g/mol. The Hall–Kier alpha value is -1.07. The van der Waals surface area contributed by atoms with Crippen LogP contribution in [-0.4, -0.2) is 25.9 Å². The molecule has 96 valence electrons. The zero-order valence-corrected chi connectivity index (χ0v) is 10.2. The number of hydrogen-bond donors (Lipinski definition) is 2. The predicted molar refractivity (Wildman–Crippen MR) is 55.8 cm³/mol. The largest absolute Gasteiger partial charge is 0.446 e. The second kappa shape index (κ2) is 4.66. The maximum atomic E-state index is 10.5. The van der Waals surface area contributed by atoms with E-state index in [4.69, 9.17) is 20.7 Å². The van der Waals surface area contributed by atoms with Gasteiger partial charge in [0.2, 0.25) is 5.75 Å². The molecule has 0 amide bonds. The van der Waals surface area contributed by atoms with Gasteiger partial charge in [-0.1, -0.05) is 17.7 Å². The lowest BCUT2D eigenvalue weighted by Gasteiger charge is -2.08. The van der Waals surface area contributed by atoms with Crippen LogP contribution in [0.3, 0.4) is 0 Å². The van der Waals surface area contributed by atoms with E-state index >= 15 is 0 Å². The predicted octanol–water partition coefficient (Wildman–Crippen LogP) is 0.703. The number of halogens is 1. The molecule has 8 nitrogen and oxygen atoms in total. The molecule has 0 radical (unpaired) electrons. The van der Waals surface area contributed by atoms with Gasteiger partial charge in [0, 0.05) is 0 Å². The third-order valence-electron chi connectivity index (χ3n) is 1.31. The van der Waals surface area contributed by atoms with Crippen LogP contribution in [0.4, 0.5) is 0 Å². The topological polar surface area (TPSA) is 127 Å². The summed E-state index contributed by atoms with van der Waals surface area (Å²) in [5, 5.41) is -0.344. The van der Waals surface area contributed by atoms with E-state index in [1.165, 1.54) is 6.07 Å². The average molecular weight is 305 g/mol. The molecule has 1 aromatic carbocycles. The van der Waals surface area contributed by atoms with Gasteiger partial charge in [-0.05, 0) is 12.1 Å². The van der Waals surface area contributed by atoms with Crippen molar-refractivity contribution in [3.8, 4) is 11.5 Å². The maximum Gasteiger partial charge on any atom is 0.446 e. The summed E-state index contributed by atoms with van der Waals surface area (Å²) in [6.45, 7) is 0. The van der Waals surface area contributed by atoms with Crippen molar-refractivity contribution in [1.29, 1.82) is 0 Å². The summed E-state index contributed by atoms with van der Waals surface area (Å²) in [7, 11) is -9.81. The third-order valence-corrected chi connectivity index (χ3v) is 2.38. The van der Waals surface area contributed by atoms with E-state index in [0.717, 1.165) is 12.1 Å². The maximum absolute atomic E-state index is 10.5. The van der Waals surface area contributed by atoms with Crippen molar-refractivity contribution in [3.05, 3.63) is 23.2 Å². The molecule has 1 aromatic rings. The summed E-state index contributed by atoms with van der Waals surface area (Å²) in [6, 6.07) is 3.32. The van der Waals surface area contributed by atoms with Gasteiger partial charge in [-0.2, -0.15) is 16.8 Å². The summed E-state index contributed by atoms with van der Waals surface area (Å²) in [6.07, 6.45) is 0. The highest BCUT2D eigenvalue weighted by Crippen LogP contribution is 2.36. The lowest BCUT2D eigenvalue weighted by molar-refractivity contribution is 0.361. The van der Waals surface area contributed by atoms with Crippen LogP contribution in [0, 0.1) is 0 Å². The van der Waals surface area contributed by atoms with Crippen molar-refractivity contribution in [3.63, 3.8) is 0 Å². The highest BCUT2D eigenvalue weighted by atomic mass is 35.5. The molecule has 0 aliphatic carbocycles. The zero-order valence-electron chi connectivity index (χ0n) is 7.77. The molecule has 0 fully saturated rings. The summed E-state index contributed by atoms with van der Waals surface area (Å²) in [5.41, 5.74) is 0. The fourth-order valence-electron chi connectivity index (χ4n) is 0.854. The molecule has 0 aliphatic heterocycles. The van der Waals surface area contributed by atoms with Crippen molar-refractivity contribution in [2.24, 2.45) is 0 Å². The van der Waals surface area contributed by atoms with Crippen molar-refractivity contribution < 1.29 is 34.3 Å². The minimum Gasteiger partial charge on any atom is -0.358 e. The lowest BCUT2D eigenvalue weighted by atomic mass is 10.3. The molecule has 1 rings (SSSR count). The van der Waals surface area contributed by atoms with E-state index in [-0.39, 0.29) is 5.02 Å². The van der Waals surface area contributed by atoms with E-state index in [0.29, 0.717) is 0 Å². The fraction of sp³-hybridized carbons (Fsp3) is 0. The van der Waals surface area contributed by atoms with Gasteiger partial charge in [0.05, 0.1) is 5.02 Å². The van der Waals surface area contributed by atoms with Crippen molar-refractivity contribution in [2.75, 3.05) is 0 Å². The second-order valence-corrected chi connectivity index (χ2v) is 5.04. The van der Waals surface area contributed by atoms with Crippen LogP contribution in [0.2, 0.25) is 5.02 Å².